The van der Waals surface area contributed by atoms with Crippen LogP contribution in [0.2, 0.25) is 0 Å². The summed E-state index contributed by atoms with van der Waals surface area (Å²) in [5, 5.41) is 0. The molecule has 0 fully saturated rings. The van der Waals surface area contributed by atoms with Crippen molar-refractivity contribution in [1.82, 2.24) is 4.90 Å². The molecule has 1 aromatic carbocycles. The summed E-state index contributed by atoms with van der Waals surface area (Å²) < 4.78 is 41.9. The Balaban J connectivity index is 0.000000200. The number of likely N-dealkylation sites (N-methyl/N-ethyl adjacent to an activating group) is 1. The van der Waals surface area contributed by atoms with Gasteiger partial charge in [-0.2, -0.15) is 12.8 Å². The summed E-state index contributed by atoms with van der Waals surface area (Å²) in [5.41, 5.74) is 0.956. The molecule has 0 aliphatic carbocycles. The molecule has 4 nitrogen and oxygen atoms in total. The van der Waals surface area contributed by atoms with Crippen molar-refractivity contribution in [2.24, 2.45) is 0 Å². The Morgan fingerprint density at radius 2 is 1.84 bits per heavy atom. The minimum atomic E-state index is -4.02. The number of aryl methyl sites for hydroxylation is 1. The maximum absolute atomic E-state index is 12.3. The molecule has 0 radical (unpaired) electrons. The second-order valence-corrected chi connectivity index (χ2v) is 5.51. The van der Waals surface area contributed by atoms with E-state index in [1.165, 1.54) is 18.2 Å². The summed E-state index contributed by atoms with van der Waals surface area (Å²) in [6.07, 6.45) is 5.07. The third-order valence-electron chi connectivity index (χ3n) is 2.43. The van der Waals surface area contributed by atoms with Crippen molar-refractivity contribution in [3.63, 3.8) is 0 Å². The van der Waals surface area contributed by atoms with E-state index in [4.69, 9.17) is 4.55 Å². The first-order valence-corrected chi connectivity index (χ1v) is 7.02. The SMILES string of the molecule is CN1CC=CC=C1F.Cc1ccc(S(=O)(=O)O)cc1. The van der Waals surface area contributed by atoms with E-state index in [0.717, 1.165) is 5.56 Å². The van der Waals surface area contributed by atoms with Crippen LogP contribution in [0.4, 0.5) is 4.39 Å². The molecular weight excluding hydrogens is 269 g/mol. The highest BCUT2D eigenvalue weighted by Gasteiger charge is 2.06. The highest BCUT2D eigenvalue weighted by atomic mass is 32.2. The smallest absolute Gasteiger partial charge is 0.294 e. The van der Waals surface area contributed by atoms with Crippen LogP contribution < -0.4 is 0 Å². The monoisotopic (exact) mass is 285 g/mol. The predicted molar refractivity (Wildman–Crippen MR) is 72.0 cm³/mol. The highest BCUT2D eigenvalue weighted by Crippen LogP contribution is 2.08. The van der Waals surface area contributed by atoms with Crippen LogP contribution in [0, 0.1) is 6.92 Å². The quantitative estimate of drug-likeness (QED) is 0.636. The molecule has 0 saturated heterocycles. The minimum Gasteiger partial charge on any atom is -0.348 e. The van der Waals surface area contributed by atoms with Crippen molar-refractivity contribution >= 4 is 10.1 Å². The van der Waals surface area contributed by atoms with Crippen LogP contribution in [0.25, 0.3) is 0 Å². The minimum absolute atomic E-state index is 0.0666. The van der Waals surface area contributed by atoms with Crippen LogP contribution in [-0.2, 0) is 10.1 Å². The number of rotatable bonds is 1. The Morgan fingerprint density at radius 3 is 2.21 bits per heavy atom. The molecule has 0 amide bonds. The first kappa shape index (κ1) is 15.4. The lowest BCUT2D eigenvalue weighted by Gasteiger charge is -2.15. The van der Waals surface area contributed by atoms with Crippen LogP contribution in [0.5, 0.6) is 0 Å². The zero-order chi connectivity index (χ0) is 14.5. The summed E-state index contributed by atoms with van der Waals surface area (Å²) in [5.74, 6) is -0.160. The van der Waals surface area contributed by atoms with E-state index in [-0.39, 0.29) is 10.8 Å². The van der Waals surface area contributed by atoms with E-state index in [1.54, 1.807) is 30.2 Å². The molecule has 6 heteroatoms. The van der Waals surface area contributed by atoms with Gasteiger partial charge in [-0.3, -0.25) is 4.55 Å². The third kappa shape index (κ3) is 5.23. The molecular formula is C13H16FNO3S. The molecule has 0 unspecified atom stereocenters. The molecule has 1 aliphatic rings. The summed E-state index contributed by atoms with van der Waals surface area (Å²) in [6, 6.07) is 5.99. The van der Waals surface area contributed by atoms with Crippen LogP contribution in [-0.4, -0.2) is 31.5 Å². The van der Waals surface area contributed by atoms with Crippen LogP contribution in [0.1, 0.15) is 5.56 Å². The topological polar surface area (TPSA) is 57.6 Å². The number of allylic oxidation sites excluding steroid dienone is 2. The average molecular weight is 285 g/mol. The van der Waals surface area contributed by atoms with Gasteiger partial charge in [0.05, 0.1) is 4.90 Å². The lowest BCUT2D eigenvalue weighted by atomic mass is 10.2. The molecule has 0 aromatic heterocycles. The summed E-state index contributed by atoms with van der Waals surface area (Å²) in [4.78, 5) is 1.48. The highest BCUT2D eigenvalue weighted by molar-refractivity contribution is 7.85. The van der Waals surface area contributed by atoms with Crippen molar-refractivity contribution in [1.29, 1.82) is 0 Å². The van der Waals surface area contributed by atoms with E-state index in [0.29, 0.717) is 6.54 Å². The van der Waals surface area contributed by atoms with E-state index >= 15 is 0 Å². The molecule has 0 saturated carbocycles. The Bertz CT molecular complexity index is 576. The fourth-order valence-electron chi connectivity index (χ4n) is 1.29. The van der Waals surface area contributed by atoms with Crippen molar-refractivity contribution in [2.45, 2.75) is 11.8 Å². The fraction of sp³-hybridized carbons (Fsp3) is 0.231. The molecule has 2 rings (SSSR count). The van der Waals surface area contributed by atoms with E-state index in [9.17, 15) is 12.8 Å². The van der Waals surface area contributed by atoms with Crippen LogP contribution >= 0.6 is 0 Å². The maximum Gasteiger partial charge on any atom is 0.294 e. The fourth-order valence-corrected chi connectivity index (χ4v) is 1.77. The van der Waals surface area contributed by atoms with Gasteiger partial charge < -0.3 is 4.90 Å². The first-order chi connectivity index (χ1) is 8.80. The number of hydrogen-bond acceptors (Lipinski definition) is 3. The zero-order valence-electron chi connectivity index (χ0n) is 10.7. The lowest BCUT2D eigenvalue weighted by Crippen LogP contribution is -2.16. The number of benzene rings is 1. The van der Waals surface area contributed by atoms with Gasteiger partial charge in [0.15, 0.2) is 5.95 Å². The first-order valence-electron chi connectivity index (χ1n) is 5.58. The largest absolute Gasteiger partial charge is 0.348 e. The molecule has 19 heavy (non-hydrogen) atoms. The summed E-state index contributed by atoms with van der Waals surface area (Å²) >= 11 is 0. The standard InChI is InChI=1S/C7H8O3S.C6H8FN/c1-6-2-4-7(5-3-6)11(8,9)10;1-8-5-3-2-4-6(8)7/h2-5H,1H3,(H,8,9,10);2-4H,5H2,1H3. The zero-order valence-corrected chi connectivity index (χ0v) is 11.6. The Labute approximate surface area is 112 Å². The Hall–Kier alpha value is -1.66. The van der Waals surface area contributed by atoms with E-state index in [2.05, 4.69) is 0 Å². The molecule has 1 heterocycles. The van der Waals surface area contributed by atoms with Gasteiger partial charge in [0, 0.05) is 13.6 Å². The van der Waals surface area contributed by atoms with Gasteiger partial charge in [-0.05, 0) is 25.1 Å². The van der Waals surface area contributed by atoms with Crippen molar-refractivity contribution in [3.8, 4) is 0 Å². The van der Waals surface area contributed by atoms with Gasteiger partial charge in [0.25, 0.3) is 10.1 Å². The van der Waals surface area contributed by atoms with Crippen LogP contribution in [0.3, 0.4) is 0 Å². The number of hydrogen-bond donors (Lipinski definition) is 1. The second-order valence-electron chi connectivity index (χ2n) is 4.09. The average Bonchev–Trinajstić information content (AvgIpc) is 2.33. The molecule has 1 N–H and O–H groups in total. The predicted octanol–water partition coefficient (Wildman–Crippen LogP) is 2.54. The van der Waals surface area contributed by atoms with Gasteiger partial charge in [0.1, 0.15) is 0 Å². The van der Waals surface area contributed by atoms with Crippen molar-refractivity contribution in [2.75, 3.05) is 13.6 Å². The molecule has 0 bridgehead atoms. The van der Waals surface area contributed by atoms with Gasteiger partial charge in [0.2, 0.25) is 0 Å². The van der Waals surface area contributed by atoms with E-state index in [1.807, 2.05) is 13.0 Å². The lowest BCUT2D eigenvalue weighted by molar-refractivity contribution is 0.342. The van der Waals surface area contributed by atoms with Crippen LogP contribution in [0.15, 0.2) is 53.3 Å². The van der Waals surface area contributed by atoms with Gasteiger partial charge in [-0.25, -0.2) is 0 Å². The van der Waals surface area contributed by atoms with Gasteiger partial charge in [-0.1, -0.05) is 29.8 Å². The molecule has 0 atom stereocenters. The van der Waals surface area contributed by atoms with Crippen molar-refractivity contribution < 1.29 is 17.4 Å². The molecule has 1 aromatic rings. The van der Waals surface area contributed by atoms with E-state index < -0.39 is 10.1 Å². The summed E-state index contributed by atoms with van der Waals surface area (Å²) in [7, 11) is -2.30. The van der Waals surface area contributed by atoms with Gasteiger partial charge >= 0.3 is 0 Å². The third-order valence-corrected chi connectivity index (χ3v) is 3.30. The number of halogens is 1. The molecule has 0 spiro atoms. The maximum atomic E-state index is 12.3. The normalized spacial score (nSPS) is 14.5. The summed E-state index contributed by atoms with van der Waals surface area (Å²) in [6.45, 7) is 2.52. The Kier molecular flexibility index (Phi) is 5.26. The molecule has 1 aliphatic heterocycles. The second kappa shape index (κ2) is 6.49. The Morgan fingerprint density at radius 1 is 1.26 bits per heavy atom. The van der Waals surface area contributed by atoms with Gasteiger partial charge in [-0.15, -0.1) is 0 Å². The molecule has 104 valence electrons. The van der Waals surface area contributed by atoms with Crippen molar-refractivity contribution in [3.05, 3.63) is 54.0 Å². The number of nitrogens with zero attached hydrogens (tertiary/aromatic N) is 1.